The molecular weight excluding hydrogens is 413 g/mol. The van der Waals surface area contributed by atoms with Gasteiger partial charge in [0.15, 0.2) is 0 Å². The molecule has 3 amide bonds. The number of anilines is 1. The summed E-state index contributed by atoms with van der Waals surface area (Å²) in [6.07, 6.45) is 7.56. The number of urea groups is 1. The summed E-state index contributed by atoms with van der Waals surface area (Å²) >= 11 is 0. The largest absolute Gasteiger partial charge is 0.336 e. The van der Waals surface area contributed by atoms with Crippen LogP contribution in [-0.4, -0.2) is 58.7 Å². The smallest absolute Gasteiger partial charge is 0.334 e. The first-order valence-electron chi connectivity index (χ1n) is 9.24. The van der Waals surface area contributed by atoms with Crippen LogP contribution in [0.1, 0.15) is 12.0 Å². The van der Waals surface area contributed by atoms with Crippen LogP contribution < -0.4 is 5.32 Å². The van der Waals surface area contributed by atoms with E-state index in [1.807, 2.05) is 6.08 Å². The van der Waals surface area contributed by atoms with Gasteiger partial charge >= 0.3 is 6.03 Å². The number of nitrogens with one attached hydrogen (secondary N) is 1. The quantitative estimate of drug-likeness (QED) is 0.791. The second-order valence-electron chi connectivity index (χ2n) is 7.38. The maximum atomic E-state index is 13.6. The van der Waals surface area contributed by atoms with Crippen molar-refractivity contribution < 1.29 is 22.4 Å². The fraction of sp³-hybridized carbons (Fsp3) is 0.263. The van der Waals surface area contributed by atoms with Crippen molar-refractivity contribution >= 4 is 33.2 Å². The Kier molecular flexibility index (Phi) is 4.10. The summed E-state index contributed by atoms with van der Waals surface area (Å²) in [4.78, 5) is 34.5. The first-order valence-corrected chi connectivity index (χ1v) is 10.7. The number of rotatable bonds is 3. The molecule has 1 saturated heterocycles. The lowest BCUT2D eigenvalue weighted by Crippen LogP contribution is -2.50. The van der Waals surface area contributed by atoms with E-state index >= 15 is 0 Å². The van der Waals surface area contributed by atoms with Crippen LogP contribution in [0, 0.1) is 11.7 Å². The van der Waals surface area contributed by atoms with Gasteiger partial charge in [-0.2, -0.15) is 0 Å². The number of halogens is 1. The maximum absolute atomic E-state index is 13.6. The minimum absolute atomic E-state index is 0.0111. The van der Waals surface area contributed by atoms with Crippen molar-refractivity contribution in [1.29, 1.82) is 0 Å². The highest BCUT2D eigenvalue weighted by atomic mass is 32.2. The van der Waals surface area contributed by atoms with Crippen LogP contribution >= 0.6 is 0 Å². The van der Waals surface area contributed by atoms with Crippen molar-refractivity contribution in [2.75, 3.05) is 18.4 Å². The fourth-order valence-corrected chi connectivity index (χ4v) is 5.69. The van der Waals surface area contributed by atoms with Crippen LogP contribution in [0.5, 0.6) is 0 Å². The molecule has 2 bridgehead atoms. The number of aromatic nitrogens is 2. The first-order chi connectivity index (χ1) is 14.3. The third-order valence-corrected chi connectivity index (χ3v) is 7.40. The summed E-state index contributed by atoms with van der Waals surface area (Å²) in [5.41, 5.74) is 1.95. The standard InChI is InChI=1S/C19H16FN5O4S/c20-13-1-2-16-17(4-13)30(28,29)25(19(27)23-16)9-18(26)24-8-11-3-14(24)5-15(11)12-6-21-10-22-7-12/h1-2,4-7,10-11,14H,3,8-9H2,(H,23,27)/t11-,14-/m1/s1. The molecular formula is C19H16FN5O4S. The molecule has 1 aromatic heterocycles. The van der Waals surface area contributed by atoms with Crippen LogP contribution in [0.4, 0.5) is 14.9 Å². The van der Waals surface area contributed by atoms with E-state index in [0.29, 0.717) is 10.8 Å². The lowest BCUT2D eigenvalue weighted by molar-refractivity contribution is -0.131. The van der Waals surface area contributed by atoms with Crippen molar-refractivity contribution in [2.45, 2.75) is 17.4 Å². The van der Waals surface area contributed by atoms with Gasteiger partial charge in [-0.15, -0.1) is 0 Å². The Hall–Kier alpha value is -3.34. The molecule has 5 rings (SSSR count). The van der Waals surface area contributed by atoms with Gasteiger partial charge < -0.3 is 10.2 Å². The van der Waals surface area contributed by atoms with Gasteiger partial charge in [0.05, 0.1) is 11.7 Å². The molecule has 0 radical (unpaired) electrons. The summed E-state index contributed by atoms with van der Waals surface area (Å²) < 4.78 is 39.7. The Labute approximate surface area is 171 Å². The van der Waals surface area contributed by atoms with Gasteiger partial charge in [-0.1, -0.05) is 6.08 Å². The van der Waals surface area contributed by atoms with Crippen molar-refractivity contribution in [2.24, 2.45) is 5.92 Å². The number of likely N-dealkylation sites (tertiary alicyclic amines) is 1. The first kappa shape index (κ1) is 18.7. The molecule has 1 aromatic carbocycles. The van der Waals surface area contributed by atoms with Crippen molar-refractivity contribution in [3.63, 3.8) is 0 Å². The Morgan fingerprint density at radius 1 is 1.27 bits per heavy atom. The Bertz CT molecular complexity index is 1200. The Morgan fingerprint density at radius 2 is 2.03 bits per heavy atom. The Balaban J connectivity index is 1.37. The van der Waals surface area contributed by atoms with Gasteiger partial charge in [-0.3, -0.25) is 4.79 Å². The number of sulfonamides is 1. The number of benzene rings is 1. The normalized spacial score (nSPS) is 23.8. The third-order valence-electron chi connectivity index (χ3n) is 5.63. The van der Waals surface area contributed by atoms with Crippen LogP contribution in [-0.2, 0) is 14.8 Å². The highest BCUT2D eigenvalue weighted by molar-refractivity contribution is 7.90. The molecule has 9 nitrogen and oxygen atoms in total. The lowest BCUT2D eigenvalue weighted by atomic mass is 9.97. The molecule has 2 aliphatic heterocycles. The zero-order chi connectivity index (χ0) is 21.0. The second kappa shape index (κ2) is 6.59. The van der Waals surface area contributed by atoms with E-state index in [1.165, 1.54) is 12.4 Å². The third kappa shape index (κ3) is 2.84. The number of hydrogen-bond donors (Lipinski definition) is 1. The average molecular weight is 429 g/mol. The van der Waals surface area contributed by atoms with Gasteiger partial charge in [-0.25, -0.2) is 31.9 Å². The number of amides is 3. The minimum Gasteiger partial charge on any atom is -0.334 e. The van der Waals surface area contributed by atoms with Crippen LogP contribution in [0.15, 0.2) is 47.9 Å². The lowest BCUT2D eigenvalue weighted by Gasteiger charge is -2.31. The molecule has 154 valence electrons. The number of nitrogens with zero attached hydrogens (tertiary/aromatic N) is 4. The molecule has 2 aromatic rings. The molecule has 1 aliphatic carbocycles. The van der Waals surface area contributed by atoms with Crippen LogP contribution in [0.2, 0.25) is 0 Å². The predicted molar refractivity (Wildman–Crippen MR) is 103 cm³/mol. The molecule has 0 spiro atoms. The number of carbonyl (C=O) groups excluding carboxylic acids is 2. The van der Waals surface area contributed by atoms with Gasteiger partial charge in [0.25, 0.3) is 10.0 Å². The monoisotopic (exact) mass is 429 g/mol. The summed E-state index contributed by atoms with van der Waals surface area (Å²) in [6.45, 7) is -0.226. The maximum Gasteiger partial charge on any atom is 0.336 e. The minimum atomic E-state index is -4.34. The highest BCUT2D eigenvalue weighted by Gasteiger charge is 2.44. The number of fused-ring (bicyclic) bond motifs is 3. The second-order valence-corrected chi connectivity index (χ2v) is 9.21. The van der Waals surface area contributed by atoms with Gasteiger partial charge in [0.2, 0.25) is 5.91 Å². The molecule has 1 fully saturated rings. The van der Waals surface area contributed by atoms with Gasteiger partial charge in [0, 0.05) is 30.4 Å². The fourth-order valence-electron chi connectivity index (χ4n) is 4.25. The SMILES string of the molecule is O=C(CN1C(=O)Nc2ccc(F)cc2S1(=O)=O)N1C[C@H]2C[C@@H]1C=C2c1cncnc1. The van der Waals surface area contributed by atoms with Crippen molar-refractivity contribution in [1.82, 2.24) is 19.2 Å². The van der Waals surface area contributed by atoms with Crippen LogP contribution in [0.25, 0.3) is 5.57 Å². The number of carbonyl (C=O) groups is 2. The van der Waals surface area contributed by atoms with Gasteiger partial charge in [-0.05, 0) is 30.2 Å². The van der Waals surface area contributed by atoms with E-state index in [1.54, 1.807) is 17.3 Å². The van der Waals surface area contributed by atoms with E-state index in [-0.39, 0.29) is 22.5 Å². The van der Waals surface area contributed by atoms with Gasteiger partial charge in [0.1, 0.15) is 23.6 Å². The molecule has 0 saturated carbocycles. The van der Waals surface area contributed by atoms with Crippen molar-refractivity contribution in [3.8, 4) is 0 Å². The molecule has 2 atom stereocenters. The van der Waals surface area contributed by atoms with E-state index in [9.17, 15) is 22.4 Å². The van der Waals surface area contributed by atoms with E-state index in [2.05, 4.69) is 15.3 Å². The molecule has 3 aliphatic rings. The summed E-state index contributed by atoms with van der Waals surface area (Å²) in [5, 5.41) is 2.40. The summed E-state index contributed by atoms with van der Waals surface area (Å²) in [5.74, 6) is -1.13. The topological polar surface area (TPSA) is 113 Å². The predicted octanol–water partition coefficient (Wildman–Crippen LogP) is 1.47. The van der Waals surface area contributed by atoms with E-state index in [0.717, 1.165) is 29.7 Å². The zero-order valence-corrected chi connectivity index (χ0v) is 16.3. The van der Waals surface area contributed by atoms with E-state index < -0.39 is 34.3 Å². The van der Waals surface area contributed by atoms with Crippen LogP contribution in [0.3, 0.4) is 0 Å². The summed E-state index contributed by atoms with van der Waals surface area (Å²) in [7, 11) is -4.34. The Morgan fingerprint density at radius 3 is 2.73 bits per heavy atom. The zero-order valence-electron chi connectivity index (χ0n) is 15.5. The molecule has 11 heteroatoms. The van der Waals surface area contributed by atoms with E-state index in [4.69, 9.17) is 0 Å². The van der Waals surface area contributed by atoms with Crippen molar-refractivity contribution in [3.05, 3.63) is 54.4 Å². The molecule has 1 N–H and O–H groups in total. The molecule has 3 heterocycles. The molecule has 30 heavy (non-hydrogen) atoms. The number of hydrogen-bond acceptors (Lipinski definition) is 6. The summed E-state index contributed by atoms with van der Waals surface area (Å²) in [6, 6.07) is 1.94. The highest BCUT2D eigenvalue weighted by Crippen LogP contribution is 2.42. The average Bonchev–Trinajstić information content (AvgIpc) is 3.34. The molecule has 0 unspecified atom stereocenters.